The Bertz CT molecular complexity index is 722. The van der Waals surface area contributed by atoms with Crippen LogP contribution >= 0.6 is 11.8 Å². The molecule has 0 radical (unpaired) electrons. The summed E-state index contributed by atoms with van der Waals surface area (Å²) in [6, 6.07) is 6.88. The Morgan fingerprint density at radius 2 is 1.79 bits per heavy atom. The van der Waals surface area contributed by atoms with Crippen molar-refractivity contribution in [3.63, 3.8) is 0 Å². The predicted octanol–water partition coefficient (Wildman–Crippen LogP) is 2.68. The zero-order chi connectivity index (χ0) is 20.6. The number of rotatable bonds is 9. The minimum atomic E-state index is -3.60. The fourth-order valence-corrected chi connectivity index (χ4v) is 4.97. The molecule has 0 atom stereocenters. The first-order valence-corrected chi connectivity index (χ1v) is 12.3. The molecule has 0 bridgehead atoms. The van der Waals surface area contributed by atoms with Crippen LogP contribution in [-0.2, 0) is 25.0 Å². The van der Waals surface area contributed by atoms with Gasteiger partial charge in [0.2, 0.25) is 15.9 Å². The van der Waals surface area contributed by atoms with E-state index < -0.39 is 10.0 Å². The van der Waals surface area contributed by atoms with Gasteiger partial charge in [0.1, 0.15) is 0 Å². The third kappa shape index (κ3) is 7.73. The van der Waals surface area contributed by atoms with Crippen molar-refractivity contribution in [3.8, 4) is 0 Å². The lowest BCUT2D eigenvalue weighted by Gasteiger charge is -2.21. The molecule has 2 rings (SSSR count). The lowest BCUT2D eigenvalue weighted by molar-refractivity contribution is -0.120. The van der Waals surface area contributed by atoms with Gasteiger partial charge in [0.05, 0.1) is 4.90 Å². The zero-order valence-electron chi connectivity index (χ0n) is 17.0. The second-order valence-electron chi connectivity index (χ2n) is 7.95. The molecule has 0 aliphatic carbocycles. The molecule has 1 saturated heterocycles. The molecule has 1 amide bonds. The normalized spacial score (nSPS) is 16.1. The highest BCUT2D eigenvalue weighted by Gasteiger charge is 2.18. The van der Waals surface area contributed by atoms with Crippen LogP contribution in [0.25, 0.3) is 0 Å². The number of thioether (sulfide) groups is 1. The van der Waals surface area contributed by atoms with Gasteiger partial charge in [0, 0.05) is 43.7 Å². The third-order valence-corrected chi connectivity index (χ3v) is 7.48. The van der Waals surface area contributed by atoms with Gasteiger partial charge in [-0.25, -0.2) is 13.1 Å². The van der Waals surface area contributed by atoms with E-state index in [-0.39, 0.29) is 29.2 Å². The number of carbonyl (C=O) groups is 1. The summed E-state index contributed by atoms with van der Waals surface area (Å²) in [7, 11) is -3.60. The summed E-state index contributed by atoms with van der Waals surface area (Å²) >= 11 is 1.86. The summed E-state index contributed by atoms with van der Waals surface area (Å²) in [6.45, 7) is 8.57. The number of amides is 1. The van der Waals surface area contributed by atoms with E-state index in [1.165, 1.54) is 0 Å². The number of hydrogen-bond acceptors (Lipinski definition) is 5. The number of nitrogens with one attached hydrogen (secondary N) is 2. The van der Waals surface area contributed by atoms with Crippen LogP contribution in [0.15, 0.2) is 29.2 Å². The third-order valence-electron chi connectivity index (χ3n) is 4.62. The van der Waals surface area contributed by atoms with Crippen LogP contribution in [0.1, 0.15) is 45.6 Å². The molecular formula is C20H32N2O4S2. The van der Waals surface area contributed by atoms with E-state index in [1.807, 2.05) is 23.9 Å². The standard InChI is InChI=1S/C20H32N2O4S2/c1-20(2,3)16-4-6-18(7-5-16)28(24,25)22-11-8-19(23)21-12-15-27-17-9-13-26-14-10-17/h4-7,17,22H,8-15H2,1-3H3,(H,21,23). The van der Waals surface area contributed by atoms with E-state index in [4.69, 9.17) is 4.74 Å². The molecule has 1 fully saturated rings. The Labute approximate surface area is 173 Å². The number of carbonyl (C=O) groups excluding carboxylic acids is 1. The Morgan fingerprint density at radius 1 is 1.14 bits per heavy atom. The Kier molecular flexibility index (Phi) is 8.80. The Balaban J connectivity index is 1.67. The first-order chi connectivity index (χ1) is 13.2. The van der Waals surface area contributed by atoms with E-state index in [0.29, 0.717) is 11.8 Å². The first-order valence-electron chi connectivity index (χ1n) is 9.75. The van der Waals surface area contributed by atoms with Gasteiger partial charge in [0.15, 0.2) is 0 Å². The summed E-state index contributed by atoms with van der Waals surface area (Å²) < 4.78 is 32.5. The van der Waals surface area contributed by atoms with E-state index in [2.05, 4.69) is 30.8 Å². The molecule has 1 aliphatic heterocycles. The van der Waals surface area contributed by atoms with Gasteiger partial charge in [-0.2, -0.15) is 11.8 Å². The topological polar surface area (TPSA) is 84.5 Å². The second kappa shape index (κ2) is 10.6. The van der Waals surface area contributed by atoms with E-state index in [1.54, 1.807) is 12.1 Å². The average Bonchev–Trinajstić information content (AvgIpc) is 2.65. The molecule has 28 heavy (non-hydrogen) atoms. The van der Waals surface area contributed by atoms with Gasteiger partial charge in [-0.3, -0.25) is 4.79 Å². The number of benzene rings is 1. The quantitative estimate of drug-likeness (QED) is 0.591. The van der Waals surface area contributed by atoms with Gasteiger partial charge in [0.25, 0.3) is 0 Å². The molecule has 0 saturated carbocycles. The van der Waals surface area contributed by atoms with Gasteiger partial charge >= 0.3 is 0 Å². The van der Waals surface area contributed by atoms with Gasteiger partial charge in [-0.05, 0) is 36.0 Å². The van der Waals surface area contributed by atoms with Crippen molar-refractivity contribution in [2.75, 3.05) is 32.1 Å². The molecule has 1 aromatic carbocycles. The van der Waals surface area contributed by atoms with Gasteiger partial charge < -0.3 is 10.1 Å². The maximum Gasteiger partial charge on any atom is 0.240 e. The van der Waals surface area contributed by atoms with Crippen LogP contribution < -0.4 is 10.0 Å². The van der Waals surface area contributed by atoms with Crippen LogP contribution in [0.2, 0.25) is 0 Å². The minimum Gasteiger partial charge on any atom is -0.381 e. The maximum atomic E-state index is 12.4. The highest BCUT2D eigenvalue weighted by molar-refractivity contribution is 7.99. The predicted molar refractivity (Wildman–Crippen MR) is 114 cm³/mol. The maximum absolute atomic E-state index is 12.4. The Hall–Kier alpha value is -1.09. The van der Waals surface area contributed by atoms with E-state index >= 15 is 0 Å². The van der Waals surface area contributed by atoms with Crippen molar-refractivity contribution >= 4 is 27.7 Å². The second-order valence-corrected chi connectivity index (χ2v) is 11.1. The summed E-state index contributed by atoms with van der Waals surface area (Å²) in [6.07, 6.45) is 2.26. The highest BCUT2D eigenvalue weighted by Crippen LogP contribution is 2.23. The van der Waals surface area contributed by atoms with Crippen LogP contribution in [0, 0.1) is 0 Å². The van der Waals surface area contributed by atoms with E-state index in [0.717, 1.165) is 37.4 Å². The first kappa shape index (κ1) is 23.2. The number of sulfonamides is 1. The summed E-state index contributed by atoms with van der Waals surface area (Å²) in [5.41, 5.74) is 1.04. The van der Waals surface area contributed by atoms with Crippen molar-refractivity contribution in [3.05, 3.63) is 29.8 Å². The fourth-order valence-electron chi connectivity index (χ4n) is 2.86. The van der Waals surface area contributed by atoms with Crippen molar-refractivity contribution < 1.29 is 17.9 Å². The van der Waals surface area contributed by atoms with Crippen molar-refractivity contribution in [2.24, 2.45) is 0 Å². The lowest BCUT2D eigenvalue weighted by Crippen LogP contribution is -2.32. The largest absolute Gasteiger partial charge is 0.381 e. The smallest absolute Gasteiger partial charge is 0.240 e. The molecule has 0 spiro atoms. The van der Waals surface area contributed by atoms with Crippen LogP contribution in [0.3, 0.4) is 0 Å². The highest BCUT2D eigenvalue weighted by atomic mass is 32.2. The van der Waals surface area contributed by atoms with Crippen LogP contribution in [0.4, 0.5) is 0 Å². The summed E-state index contributed by atoms with van der Waals surface area (Å²) in [4.78, 5) is 12.1. The van der Waals surface area contributed by atoms with Crippen molar-refractivity contribution in [1.82, 2.24) is 10.0 Å². The minimum absolute atomic E-state index is 0.0309. The zero-order valence-corrected chi connectivity index (χ0v) is 18.6. The molecule has 0 unspecified atom stereocenters. The average molecular weight is 429 g/mol. The Morgan fingerprint density at radius 3 is 2.39 bits per heavy atom. The molecular weight excluding hydrogens is 396 g/mol. The number of hydrogen-bond donors (Lipinski definition) is 2. The molecule has 6 nitrogen and oxygen atoms in total. The SMILES string of the molecule is CC(C)(C)c1ccc(S(=O)(=O)NCCC(=O)NCCSC2CCOCC2)cc1. The number of ether oxygens (including phenoxy) is 1. The monoisotopic (exact) mass is 428 g/mol. The van der Waals surface area contributed by atoms with Gasteiger partial charge in [-0.1, -0.05) is 32.9 Å². The summed E-state index contributed by atoms with van der Waals surface area (Å²) in [5.74, 6) is 0.723. The summed E-state index contributed by atoms with van der Waals surface area (Å²) in [5, 5.41) is 3.46. The lowest BCUT2D eigenvalue weighted by atomic mass is 9.87. The molecule has 0 aromatic heterocycles. The van der Waals surface area contributed by atoms with Gasteiger partial charge in [-0.15, -0.1) is 0 Å². The fraction of sp³-hybridized carbons (Fsp3) is 0.650. The molecule has 8 heteroatoms. The van der Waals surface area contributed by atoms with Crippen LogP contribution in [0.5, 0.6) is 0 Å². The molecule has 2 N–H and O–H groups in total. The van der Waals surface area contributed by atoms with Crippen LogP contribution in [-0.4, -0.2) is 51.6 Å². The van der Waals surface area contributed by atoms with Crippen molar-refractivity contribution in [2.45, 2.75) is 55.6 Å². The molecule has 1 heterocycles. The molecule has 1 aromatic rings. The van der Waals surface area contributed by atoms with Crippen molar-refractivity contribution in [1.29, 1.82) is 0 Å². The molecule has 1 aliphatic rings. The van der Waals surface area contributed by atoms with E-state index in [9.17, 15) is 13.2 Å². The molecule has 158 valence electrons.